The SMILES string of the molecule is O=c1oc2ccccc2c2c1ccc1c2c2ccccc2n1-c1cc(-c2ccccc2)cc(-c2ccccc2)c1. The number of para-hydroxylation sites is 2. The summed E-state index contributed by atoms with van der Waals surface area (Å²) in [7, 11) is 0. The summed E-state index contributed by atoms with van der Waals surface area (Å²) >= 11 is 0. The summed E-state index contributed by atoms with van der Waals surface area (Å²) in [4.78, 5) is 13.1. The highest BCUT2D eigenvalue weighted by molar-refractivity contribution is 6.27. The lowest BCUT2D eigenvalue weighted by Crippen LogP contribution is -2.00. The summed E-state index contributed by atoms with van der Waals surface area (Å²) in [5.74, 6) is 0. The number of fused-ring (bicyclic) bond motifs is 7. The van der Waals surface area contributed by atoms with Crippen LogP contribution in [0.15, 0.2) is 149 Å². The normalized spacial score (nSPS) is 11.6. The minimum Gasteiger partial charge on any atom is -0.422 e. The van der Waals surface area contributed by atoms with Crippen LogP contribution in [0.1, 0.15) is 0 Å². The molecule has 0 fully saturated rings. The monoisotopic (exact) mass is 513 g/mol. The lowest BCUT2D eigenvalue weighted by molar-refractivity contribution is 0.570. The van der Waals surface area contributed by atoms with E-state index in [-0.39, 0.29) is 5.63 Å². The van der Waals surface area contributed by atoms with E-state index in [1.165, 1.54) is 0 Å². The second kappa shape index (κ2) is 8.82. The van der Waals surface area contributed by atoms with Gasteiger partial charge in [-0.15, -0.1) is 0 Å². The predicted molar refractivity (Wildman–Crippen MR) is 165 cm³/mol. The molecule has 3 heteroatoms. The van der Waals surface area contributed by atoms with Crippen LogP contribution in [-0.4, -0.2) is 4.57 Å². The first kappa shape index (κ1) is 22.6. The molecule has 0 amide bonds. The van der Waals surface area contributed by atoms with E-state index in [1.54, 1.807) is 0 Å². The molecular weight excluding hydrogens is 490 g/mol. The van der Waals surface area contributed by atoms with Crippen molar-refractivity contribution in [2.75, 3.05) is 0 Å². The average molecular weight is 514 g/mol. The van der Waals surface area contributed by atoms with Gasteiger partial charge in [-0.3, -0.25) is 0 Å². The third-order valence-corrected chi connectivity index (χ3v) is 7.81. The van der Waals surface area contributed by atoms with Gasteiger partial charge in [-0.1, -0.05) is 97.1 Å². The Morgan fingerprint density at radius 3 is 1.75 bits per heavy atom. The van der Waals surface area contributed by atoms with Gasteiger partial charge in [0.25, 0.3) is 0 Å². The number of aromatic nitrogens is 1. The van der Waals surface area contributed by atoms with Crippen LogP contribution in [0.25, 0.3) is 71.5 Å². The molecule has 0 atom stereocenters. The van der Waals surface area contributed by atoms with E-state index < -0.39 is 0 Å². The van der Waals surface area contributed by atoms with Gasteiger partial charge in [-0.25, -0.2) is 4.79 Å². The fourth-order valence-electron chi connectivity index (χ4n) is 6.04. The standard InChI is InChI=1S/C37H23NO2/c39-37-31-19-20-33-36(35(31)30-16-8-10-18-34(30)40-37)29-15-7-9-17-32(29)38(33)28-22-26(24-11-3-1-4-12-24)21-27(23-28)25-13-5-2-6-14-25/h1-23H. The molecule has 0 aliphatic carbocycles. The van der Waals surface area contributed by atoms with Gasteiger partial charge in [0, 0.05) is 27.2 Å². The van der Waals surface area contributed by atoms with Gasteiger partial charge in [0.2, 0.25) is 0 Å². The number of nitrogens with zero attached hydrogens (tertiary/aromatic N) is 1. The second-order valence-electron chi connectivity index (χ2n) is 10.1. The first-order chi connectivity index (χ1) is 19.8. The molecule has 2 aromatic heterocycles. The Morgan fingerprint density at radius 1 is 0.450 bits per heavy atom. The number of rotatable bonds is 3. The zero-order chi connectivity index (χ0) is 26.6. The zero-order valence-corrected chi connectivity index (χ0v) is 21.5. The summed E-state index contributed by atoms with van der Waals surface area (Å²) in [5.41, 5.74) is 8.11. The van der Waals surface area contributed by atoms with Crippen molar-refractivity contribution < 1.29 is 4.42 Å². The fraction of sp³-hybridized carbons (Fsp3) is 0. The summed E-state index contributed by atoms with van der Waals surface area (Å²) in [5, 5.41) is 4.63. The van der Waals surface area contributed by atoms with Gasteiger partial charge >= 0.3 is 5.63 Å². The first-order valence-electron chi connectivity index (χ1n) is 13.4. The van der Waals surface area contributed by atoms with Crippen LogP contribution in [0.2, 0.25) is 0 Å². The third kappa shape index (κ3) is 3.41. The van der Waals surface area contributed by atoms with Gasteiger partial charge in [0.15, 0.2) is 0 Å². The van der Waals surface area contributed by atoms with Crippen molar-refractivity contribution in [1.29, 1.82) is 0 Å². The Morgan fingerprint density at radius 2 is 1.05 bits per heavy atom. The average Bonchev–Trinajstić information content (AvgIpc) is 3.36. The highest BCUT2D eigenvalue weighted by atomic mass is 16.4. The molecule has 8 rings (SSSR count). The van der Waals surface area contributed by atoms with Crippen molar-refractivity contribution in [1.82, 2.24) is 4.57 Å². The molecule has 2 heterocycles. The number of benzene rings is 6. The van der Waals surface area contributed by atoms with Crippen molar-refractivity contribution >= 4 is 43.5 Å². The van der Waals surface area contributed by atoms with Crippen molar-refractivity contribution in [3.05, 3.63) is 150 Å². The first-order valence-corrected chi connectivity index (χ1v) is 13.4. The van der Waals surface area contributed by atoms with E-state index in [1.807, 2.05) is 42.5 Å². The highest BCUT2D eigenvalue weighted by Crippen LogP contribution is 2.40. The van der Waals surface area contributed by atoms with E-state index in [0.29, 0.717) is 11.0 Å². The van der Waals surface area contributed by atoms with Gasteiger partial charge in [0.1, 0.15) is 5.58 Å². The number of hydrogen-bond donors (Lipinski definition) is 0. The quantitative estimate of drug-likeness (QED) is 0.174. The van der Waals surface area contributed by atoms with Crippen LogP contribution >= 0.6 is 0 Å². The maximum absolute atomic E-state index is 13.1. The second-order valence-corrected chi connectivity index (χ2v) is 10.1. The van der Waals surface area contributed by atoms with E-state index in [2.05, 4.69) is 102 Å². The van der Waals surface area contributed by atoms with Gasteiger partial charge in [0.05, 0.1) is 16.4 Å². The predicted octanol–water partition coefficient (Wildman–Crippen LogP) is 9.38. The fourth-order valence-corrected chi connectivity index (χ4v) is 6.04. The minimum absolute atomic E-state index is 0.315. The van der Waals surface area contributed by atoms with Crippen LogP contribution in [0.4, 0.5) is 0 Å². The van der Waals surface area contributed by atoms with Gasteiger partial charge < -0.3 is 8.98 Å². The summed E-state index contributed by atoms with van der Waals surface area (Å²) < 4.78 is 8.02. The molecular formula is C37H23NO2. The molecule has 0 bridgehead atoms. The largest absolute Gasteiger partial charge is 0.422 e. The molecule has 0 saturated carbocycles. The maximum atomic E-state index is 13.1. The highest BCUT2D eigenvalue weighted by Gasteiger charge is 2.19. The Hall–Kier alpha value is -5.41. The molecule has 0 radical (unpaired) electrons. The molecule has 0 spiro atoms. The Kier molecular flexibility index (Phi) is 4.98. The van der Waals surface area contributed by atoms with E-state index in [4.69, 9.17) is 4.42 Å². The smallest absolute Gasteiger partial charge is 0.344 e. The molecule has 0 N–H and O–H groups in total. The van der Waals surface area contributed by atoms with E-state index in [0.717, 1.165) is 60.5 Å². The molecule has 0 aliphatic rings. The van der Waals surface area contributed by atoms with Gasteiger partial charge in [-0.05, 0) is 64.7 Å². The summed E-state index contributed by atoms with van der Waals surface area (Å²) in [6.07, 6.45) is 0. The minimum atomic E-state index is -0.315. The Bertz CT molecular complexity index is 2220. The van der Waals surface area contributed by atoms with Crippen LogP contribution in [0.3, 0.4) is 0 Å². The Labute approximate surface area is 230 Å². The molecule has 6 aromatic carbocycles. The van der Waals surface area contributed by atoms with Crippen LogP contribution in [-0.2, 0) is 0 Å². The molecule has 3 nitrogen and oxygen atoms in total. The van der Waals surface area contributed by atoms with Crippen LogP contribution < -0.4 is 5.63 Å². The van der Waals surface area contributed by atoms with Gasteiger partial charge in [-0.2, -0.15) is 0 Å². The van der Waals surface area contributed by atoms with Crippen LogP contribution in [0, 0.1) is 0 Å². The molecule has 188 valence electrons. The van der Waals surface area contributed by atoms with Crippen molar-refractivity contribution in [3.8, 4) is 27.9 Å². The third-order valence-electron chi connectivity index (χ3n) is 7.81. The Balaban J connectivity index is 1.53. The van der Waals surface area contributed by atoms with E-state index in [9.17, 15) is 4.79 Å². The van der Waals surface area contributed by atoms with Crippen LogP contribution in [0.5, 0.6) is 0 Å². The molecule has 0 unspecified atom stereocenters. The van der Waals surface area contributed by atoms with E-state index >= 15 is 0 Å². The molecule has 0 aliphatic heterocycles. The maximum Gasteiger partial charge on any atom is 0.344 e. The van der Waals surface area contributed by atoms with Crippen molar-refractivity contribution in [2.45, 2.75) is 0 Å². The molecule has 40 heavy (non-hydrogen) atoms. The summed E-state index contributed by atoms with van der Waals surface area (Å²) in [6.45, 7) is 0. The molecule has 0 saturated heterocycles. The number of hydrogen-bond acceptors (Lipinski definition) is 2. The molecule has 8 aromatic rings. The van der Waals surface area contributed by atoms with Crippen molar-refractivity contribution in [2.24, 2.45) is 0 Å². The lowest BCUT2D eigenvalue weighted by atomic mass is 9.98. The summed E-state index contributed by atoms with van der Waals surface area (Å²) in [6, 6.07) is 48.0. The topological polar surface area (TPSA) is 35.1 Å². The van der Waals surface area contributed by atoms with Crippen molar-refractivity contribution in [3.63, 3.8) is 0 Å². The zero-order valence-electron chi connectivity index (χ0n) is 21.5. The lowest BCUT2D eigenvalue weighted by Gasteiger charge is -2.14.